The zero-order valence-electron chi connectivity index (χ0n) is 13.9. The van der Waals surface area contributed by atoms with Crippen molar-refractivity contribution >= 4 is 17.2 Å². The van der Waals surface area contributed by atoms with Gasteiger partial charge in [-0.15, -0.1) is 11.3 Å². The number of carbonyl (C=O) groups is 1. The van der Waals surface area contributed by atoms with Crippen LogP contribution in [-0.4, -0.2) is 25.7 Å². The van der Waals surface area contributed by atoms with E-state index in [0.29, 0.717) is 42.1 Å². The van der Waals surface area contributed by atoms with E-state index in [1.54, 1.807) is 5.38 Å². The number of amides is 1. The zero-order valence-corrected chi connectivity index (χ0v) is 14.7. The van der Waals surface area contributed by atoms with Gasteiger partial charge >= 0.3 is 0 Å². The lowest BCUT2D eigenvalue weighted by Gasteiger charge is -2.17. The number of nitrogens with one attached hydrogen (secondary N) is 1. The molecule has 0 saturated heterocycles. The molecule has 0 saturated carbocycles. The van der Waals surface area contributed by atoms with Crippen LogP contribution in [0.3, 0.4) is 0 Å². The minimum atomic E-state index is -0.247. The van der Waals surface area contributed by atoms with E-state index in [4.69, 9.17) is 15.2 Å². The van der Waals surface area contributed by atoms with Gasteiger partial charge in [0.2, 0.25) is 0 Å². The molecule has 0 aliphatic carbocycles. The lowest BCUT2D eigenvalue weighted by molar-refractivity contribution is 0.0946. The summed E-state index contributed by atoms with van der Waals surface area (Å²) in [6, 6.07) is 7.97. The van der Waals surface area contributed by atoms with E-state index in [2.05, 4.69) is 31.3 Å². The molecule has 5 nitrogen and oxygen atoms in total. The Morgan fingerprint density at radius 3 is 2.58 bits per heavy atom. The maximum atomic E-state index is 12.4. The molecule has 3 N–H and O–H groups in total. The van der Waals surface area contributed by atoms with Gasteiger partial charge in [0.1, 0.15) is 18.1 Å². The molecule has 1 aliphatic rings. The Balaban J connectivity index is 1.60. The zero-order chi connectivity index (χ0) is 17.1. The number of benzene rings is 1. The van der Waals surface area contributed by atoms with Gasteiger partial charge in [-0.1, -0.05) is 38.1 Å². The van der Waals surface area contributed by atoms with Gasteiger partial charge in [-0.3, -0.25) is 4.79 Å². The van der Waals surface area contributed by atoms with Crippen molar-refractivity contribution in [2.75, 3.05) is 19.8 Å². The third-order valence-corrected chi connectivity index (χ3v) is 4.96. The standard InChI is InChI=1S/C18H22N2O3S/c1-11(2)12-3-5-13(6-4-12)14(19)9-20-18(21)17-16-15(10-24-17)22-7-8-23-16/h3-6,10-11,14H,7-9,19H2,1-2H3,(H,20,21). The molecule has 1 atom stereocenters. The number of hydrogen-bond acceptors (Lipinski definition) is 5. The normalized spacial score (nSPS) is 14.5. The van der Waals surface area contributed by atoms with Crippen molar-refractivity contribution in [3.63, 3.8) is 0 Å². The van der Waals surface area contributed by atoms with E-state index >= 15 is 0 Å². The lowest BCUT2D eigenvalue weighted by Crippen LogP contribution is -2.32. The molecule has 1 aromatic heterocycles. The Morgan fingerprint density at radius 1 is 1.21 bits per heavy atom. The fourth-order valence-corrected chi connectivity index (χ4v) is 3.39. The summed E-state index contributed by atoms with van der Waals surface area (Å²) >= 11 is 1.32. The molecule has 0 bridgehead atoms. The van der Waals surface area contributed by atoms with Crippen molar-refractivity contribution in [3.8, 4) is 11.5 Å². The topological polar surface area (TPSA) is 73.6 Å². The average molecular weight is 346 g/mol. The van der Waals surface area contributed by atoms with Crippen LogP contribution < -0.4 is 20.5 Å². The van der Waals surface area contributed by atoms with E-state index in [1.165, 1.54) is 16.9 Å². The number of nitrogens with two attached hydrogens (primary N) is 1. The van der Waals surface area contributed by atoms with E-state index in [0.717, 1.165) is 5.56 Å². The van der Waals surface area contributed by atoms with Crippen molar-refractivity contribution < 1.29 is 14.3 Å². The van der Waals surface area contributed by atoms with Crippen LogP contribution >= 0.6 is 11.3 Å². The molecule has 1 aromatic carbocycles. The van der Waals surface area contributed by atoms with Crippen LogP contribution in [-0.2, 0) is 0 Å². The molecule has 2 heterocycles. The summed E-state index contributed by atoms with van der Waals surface area (Å²) in [6.07, 6.45) is 0. The summed E-state index contributed by atoms with van der Waals surface area (Å²) < 4.78 is 11.0. The van der Waals surface area contributed by atoms with Crippen molar-refractivity contribution in [1.29, 1.82) is 0 Å². The average Bonchev–Trinajstić information content (AvgIpc) is 3.03. The first-order valence-corrected chi connectivity index (χ1v) is 8.95. The molecule has 0 spiro atoms. The molecule has 1 unspecified atom stereocenters. The van der Waals surface area contributed by atoms with Crippen molar-refractivity contribution in [2.24, 2.45) is 5.73 Å². The van der Waals surface area contributed by atoms with Gasteiger partial charge in [0.25, 0.3) is 5.91 Å². The summed E-state index contributed by atoms with van der Waals surface area (Å²) in [5.41, 5.74) is 8.48. The molecule has 2 aromatic rings. The Kier molecular flexibility index (Phi) is 5.06. The van der Waals surface area contributed by atoms with Gasteiger partial charge in [-0.25, -0.2) is 0 Å². The molecule has 6 heteroatoms. The van der Waals surface area contributed by atoms with E-state index in [9.17, 15) is 4.79 Å². The van der Waals surface area contributed by atoms with Crippen molar-refractivity contribution in [3.05, 3.63) is 45.6 Å². The highest BCUT2D eigenvalue weighted by Crippen LogP contribution is 2.39. The monoisotopic (exact) mass is 346 g/mol. The third kappa shape index (κ3) is 3.55. The number of ether oxygens (including phenoxy) is 2. The highest BCUT2D eigenvalue weighted by atomic mass is 32.1. The van der Waals surface area contributed by atoms with Crippen LogP contribution in [0.4, 0.5) is 0 Å². The molecular weight excluding hydrogens is 324 g/mol. The van der Waals surface area contributed by atoms with Crippen LogP contribution in [0.25, 0.3) is 0 Å². The minimum absolute atomic E-state index is 0.180. The van der Waals surface area contributed by atoms with Gasteiger partial charge in [0, 0.05) is 18.0 Å². The number of rotatable bonds is 5. The van der Waals surface area contributed by atoms with Crippen LogP contribution in [0.5, 0.6) is 11.5 Å². The maximum Gasteiger partial charge on any atom is 0.265 e. The maximum absolute atomic E-state index is 12.4. The van der Waals surface area contributed by atoms with Crippen molar-refractivity contribution in [2.45, 2.75) is 25.8 Å². The van der Waals surface area contributed by atoms with E-state index in [1.807, 2.05) is 12.1 Å². The van der Waals surface area contributed by atoms with Gasteiger partial charge in [-0.05, 0) is 17.0 Å². The second-order valence-corrected chi connectivity index (χ2v) is 6.97. The largest absolute Gasteiger partial charge is 0.485 e. The third-order valence-electron chi connectivity index (χ3n) is 4.02. The molecule has 24 heavy (non-hydrogen) atoms. The van der Waals surface area contributed by atoms with Crippen LogP contribution in [0.2, 0.25) is 0 Å². The quantitative estimate of drug-likeness (QED) is 0.872. The summed E-state index contributed by atoms with van der Waals surface area (Å²) in [4.78, 5) is 12.9. The second kappa shape index (κ2) is 7.23. The van der Waals surface area contributed by atoms with Crippen LogP contribution in [0.15, 0.2) is 29.6 Å². The van der Waals surface area contributed by atoms with Gasteiger partial charge < -0.3 is 20.5 Å². The predicted octanol–water partition coefficient (Wildman–Crippen LogP) is 3.07. The Bertz CT molecular complexity index is 710. The molecule has 3 rings (SSSR count). The Hall–Kier alpha value is -2.05. The Morgan fingerprint density at radius 2 is 1.88 bits per heavy atom. The second-order valence-electron chi connectivity index (χ2n) is 6.09. The number of thiophene rings is 1. The fraction of sp³-hybridized carbons (Fsp3) is 0.389. The number of hydrogen-bond donors (Lipinski definition) is 2. The molecule has 1 aliphatic heterocycles. The summed E-state index contributed by atoms with van der Waals surface area (Å²) in [5.74, 6) is 1.49. The highest BCUT2D eigenvalue weighted by molar-refractivity contribution is 7.12. The van der Waals surface area contributed by atoms with Crippen molar-refractivity contribution in [1.82, 2.24) is 5.32 Å². The van der Waals surface area contributed by atoms with Gasteiger partial charge in [0.05, 0.1) is 0 Å². The van der Waals surface area contributed by atoms with Crippen LogP contribution in [0, 0.1) is 0 Å². The minimum Gasteiger partial charge on any atom is -0.485 e. The predicted molar refractivity (Wildman–Crippen MR) is 95.1 cm³/mol. The van der Waals surface area contributed by atoms with E-state index in [-0.39, 0.29) is 11.9 Å². The molecule has 0 radical (unpaired) electrons. The SMILES string of the molecule is CC(C)c1ccc(C(N)CNC(=O)c2scc3c2OCCO3)cc1. The first kappa shape index (κ1) is 16.8. The Labute approximate surface area is 145 Å². The van der Waals surface area contributed by atoms with Crippen LogP contribution in [0.1, 0.15) is 46.6 Å². The number of carbonyl (C=O) groups excluding carboxylic acids is 1. The summed E-state index contributed by atoms with van der Waals surface area (Å²) in [7, 11) is 0. The first-order chi connectivity index (χ1) is 11.6. The molecule has 0 fully saturated rings. The number of fused-ring (bicyclic) bond motifs is 1. The highest BCUT2D eigenvalue weighted by Gasteiger charge is 2.23. The molecule has 1 amide bonds. The van der Waals surface area contributed by atoms with E-state index < -0.39 is 0 Å². The smallest absolute Gasteiger partial charge is 0.265 e. The van der Waals surface area contributed by atoms with Gasteiger partial charge in [-0.2, -0.15) is 0 Å². The lowest BCUT2D eigenvalue weighted by atomic mass is 9.99. The van der Waals surface area contributed by atoms with Gasteiger partial charge in [0.15, 0.2) is 11.5 Å². The molecule has 128 valence electrons. The summed E-state index contributed by atoms with van der Waals surface area (Å²) in [6.45, 7) is 5.66. The first-order valence-electron chi connectivity index (χ1n) is 8.07. The summed E-state index contributed by atoms with van der Waals surface area (Å²) in [5, 5.41) is 4.68. The molecular formula is C18H22N2O3S. The fourth-order valence-electron chi connectivity index (χ4n) is 2.55.